The van der Waals surface area contributed by atoms with Crippen LogP contribution < -0.4 is 5.32 Å². The molecule has 1 aromatic rings. The predicted molar refractivity (Wildman–Crippen MR) is 92.5 cm³/mol. The Labute approximate surface area is 150 Å². The summed E-state index contributed by atoms with van der Waals surface area (Å²) in [5, 5.41) is 12.9. The molecule has 2 fully saturated rings. The number of rotatable bonds is 2. The quantitative estimate of drug-likeness (QED) is 0.841. The fourth-order valence-electron chi connectivity index (χ4n) is 3.82. The molecule has 1 aromatic carbocycles. The normalized spacial score (nSPS) is 22.3. The zero-order valence-electron chi connectivity index (χ0n) is 13.9. The topological polar surface area (TPSA) is 90.0 Å². The summed E-state index contributed by atoms with van der Waals surface area (Å²) >= 11 is 5.83. The lowest BCUT2D eigenvalue weighted by atomic mass is 9.77. The number of halogens is 1. The van der Waals surface area contributed by atoms with Gasteiger partial charge < -0.3 is 20.2 Å². The van der Waals surface area contributed by atoms with Crippen LogP contribution in [0.4, 0.5) is 10.5 Å². The zero-order chi connectivity index (χ0) is 18.2. The largest absolute Gasteiger partial charge is 0.481 e. The fraction of sp³-hybridized carbons (Fsp3) is 0.471. The fourth-order valence-corrected chi connectivity index (χ4v) is 3.94. The number of nitrogens with zero attached hydrogens (tertiary/aromatic N) is 2. The molecule has 7 nitrogen and oxygen atoms in total. The molecule has 25 heavy (non-hydrogen) atoms. The van der Waals surface area contributed by atoms with Crippen LogP contribution in [0.25, 0.3) is 0 Å². The van der Waals surface area contributed by atoms with Gasteiger partial charge in [-0.15, -0.1) is 0 Å². The summed E-state index contributed by atoms with van der Waals surface area (Å²) in [5.74, 6) is -1.81. The zero-order valence-corrected chi connectivity index (χ0v) is 14.6. The van der Waals surface area contributed by atoms with Crippen LogP contribution >= 0.6 is 11.6 Å². The highest BCUT2D eigenvalue weighted by molar-refractivity contribution is 6.30. The summed E-state index contributed by atoms with van der Waals surface area (Å²) in [7, 11) is 1.66. The van der Waals surface area contributed by atoms with Crippen molar-refractivity contribution in [2.75, 3.05) is 25.5 Å². The molecule has 0 aliphatic carbocycles. The standard InChI is InChI=1S/C17H20ClN3O4/c1-20-14(22)10-13(15(23)24)17(20)6-8-21(9-7-17)16(25)19-12-4-2-11(18)3-5-12/h2-5,13H,6-10H2,1H3,(H,19,25)(H,23,24). The average molecular weight is 366 g/mol. The third kappa shape index (κ3) is 3.16. The van der Waals surface area contributed by atoms with E-state index in [1.165, 1.54) is 0 Å². The molecule has 2 N–H and O–H groups in total. The maximum Gasteiger partial charge on any atom is 0.321 e. The lowest BCUT2D eigenvalue weighted by Gasteiger charge is -2.45. The second kappa shape index (κ2) is 6.55. The van der Waals surface area contributed by atoms with Crippen LogP contribution in [-0.4, -0.2) is 58.5 Å². The summed E-state index contributed by atoms with van der Waals surface area (Å²) in [6, 6.07) is 6.58. The second-order valence-corrected chi connectivity index (χ2v) is 7.01. The molecule has 134 valence electrons. The first-order chi connectivity index (χ1) is 11.8. The molecule has 2 saturated heterocycles. The van der Waals surface area contributed by atoms with Gasteiger partial charge in [-0.2, -0.15) is 0 Å². The molecule has 0 aromatic heterocycles. The lowest BCUT2D eigenvalue weighted by molar-refractivity contribution is -0.145. The highest BCUT2D eigenvalue weighted by atomic mass is 35.5. The molecule has 2 aliphatic rings. The highest BCUT2D eigenvalue weighted by Crippen LogP contribution is 2.42. The van der Waals surface area contributed by atoms with Crippen molar-refractivity contribution in [3.05, 3.63) is 29.3 Å². The van der Waals surface area contributed by atoms with Crippen LogP contribution in [0.1, 0.15) is 19.3 Å². The van der Waals surface area contributed by atoms with Gasteiger partial charge in [0.2, 0.25) is 5.91 Å². The van der Waals surface area contributed by atoms with E-state index < -0.39 is 17.4 Å². The van der Waals surface area contributed by atoms with Gasteiger partial charge in [-0.3, -0.25) is 9.59 Å². The molecular formula is C17H20ClN3O4. The minimum atomic E-state index is -0.947. The van der Waals surface area contributed by atoms with Crippen LogP contribution in [0.2, 0.25) is 5.02 Å². The van der Waals surface area contributed by atoms with Gasteiger partial charge in [0.15, 0.2) is 0 Å². The molecule has 3 amide bonds. The van der Waals surface area contributed by atoms with Crippen LogP contribution in [-0.2, 0) is 9.59 Å². The molecule has 8 heteroatoms. The summed E-state index contributed by atoms with van der Waals surface area (Å²) in [6.45, 7) is 0.807. The number of piperidine rings is 1. The van der Waals surface area contributed by atoms with Gasteiger partial charge in [0.05, 0.1) is 11.5 Å². The van der Waals surface area contributed by atoms with E-state index in [4.69, 9.17) is 11.6 Å². The first-order valence-corrected chi connectivity index (χ1v) is 8.52. The third-order valence-electron chi connectivity index (χ3n) is 5.38. The van der Waals surface area contributed by atoms with Crippen LogP contribution in [0.3, 0.4) is 0 Å². The lowest BCUT2D eigenvalue weighted by Crippen LogP contribution is -2.57. The van der Waals surface area contributed by atoms with E-state index in [9.17, 15) is 19.5 Å². The molecule has 1 unspecified atom stereocenters. The molecule has 3 rings (SSSR count). The van der Waals surface area contributed by atoms with E-state index in [2.05, 4.69) is 5.32 Å². The predicted octanol–water partition coefficient (Wildman–Crippen LogP) is 2.27. The Morgan fingerprint density at radius 2 is 1.84 bits per heavy atom. The summed E-state index contributed by atoms with van der Waals surface area (Å²) in [5.41, 5.74) is -0.0498. The summed E-state index contributed by atoms with van der Waals surface area (Å²) < 4.78 is 0. The van der Waals surface area contributed by atoms with Gasteiger partial charge >= 0.3 is 12.0 Å². The molecule has 0 saturated carbocycles. The number of carbonyl (C=O) groups is 3. The monoisotopic (exact) mass is 365 g/mol. The summed E-state index contributed by atoms with van der Waals surface area (Å²) in [6.07, 6.45) is 0.948. The van der Waals surface area contributed by atoms with Crippen LogP contribution in [0.15, 0.2) is 24.3 Å². The number of anilines is 1. The second-order valence-electron chi connectivity index (χ2n) is 6.58. The van der Waals surface area contributed by atoms with Gasteiger partial charge in [0, 0.05) is 37.3 Å². The molecule has 0 radical (unpaired) electrons. The third-order valence-corrected chi connectivity index (χ3v) is 5.63. The number of hydrogen-bond acceptors (Lipinski definition) is 3. The first kappa shape index (κ1) is 17.5. The Bertz CT molecular complexity index is 698. The van der Waals surface area contributed by atoms with Crippen molar-refractivity contribution in [1.82, 2.24) is 9.80 Å². The molecule has 2 aliphatic heterocycles. The maximum atomic E-state index is 12.4. The number of carboxylic acid groups (broad SMARTS) is 1. The number of nitrogens with one attached hydrogen (secondary N) is 1. The van der Waals surface area contributed by atoms with Crippen molar-refractivity contribution in [2.24, 2.45) is 5.92 Å². The Morgan fingerprint density at radius 1 is 1.24 bits per heavy atom. The Kier molecular flexibility index (Phi) is 4.60. The van der Waals surface area contributed by atoms with Crippen molar-refractivity contribution >= 4 is 35.2 Å². The number of carboxylic acids is 1. The van der Waals surface area contributed by atoms with Gasteiger partial charge in [0.1, 0.15) is 0 Å². The van der Waals surface area contributed by atoms with Crippen molar-refractivity contribution in [1.29, 1.82) is 0 Å². The van der Waals surface area contributed by atoms with E-state index >= 15 is 0 Å². The summed E-state index contributed by atoms with van der Waals surface area (Å²) in [4.78, 5) is 39.2. The number of urea groups is 1. The Morgan fingerprint density at radius 3 is 2.40 bits per heavy atom. The van der Waals surface area contributed by atoms with Gasteiger partial charge in [0.25, 0.3) is 0 Å². The minimum Gasteiger partial charge on any atom is -0.481 e. The van der Waals surface area contributed by atoms with Gasteiger partial charge in [-0.25, -0.2) is 4.79 Å². The van der Waals surface area contributed by atoms with Crippen molar-refractivity contribution in [3.63, 3.8) is 0 Å². The number of hydrogen-bond donors (Lipinski definition) is 2. The van der Waals surface area contributed by atoms with Gasteiger partial charge in [-0.05, 0) is 37.1 Å². The van der Waals surface area contributed by atoms with E-state index in [0.29, 0.717) is 36.6 Å². The van der Waals surface area contributed by atoms with E-state index in [0.717, 1.165) is 0 Å². The van der Waals surface area contributed by atoms with E-state index in [1.54, 1.807) is 41.1 Å². The molecule has 1 atom stereocenters. The number of likely N-dealkylation sites (tertiary alicyclic amines) is 2. The minimum absolute atomic E-state index is 0.0306. The number of aliphatic carboxylic acids is 1. The highest BCUT2D eigenvalue weighted by Gasteiger charge is 2.55. The molecule has 0 bridgehead atoms. The van der Waals surface area contributed by atoms with Crippen molar-refractivity contribution in [3.8, 4) is 0 Å². The molecular weight excluding hydrogens is 346 g/mol. The smallest absolute Gasteiger partial charge is 0.321 e. The van der Waals surface area contributed by atoms with Crippen LogP contribution in [0, 0.1) is 5.92 Å². The van der Waals surface area contributed by atoms with Gasteiger partial charge in [-0.1, -0.05) is 11.6 Å². The van der Waals surface area contributed by atoms with E-state index in [1.807, 2.05) is 0 Å². The molecule has 2 heterocycles. The number of carbonyl (C=O) groups excluding carboxylic acids is 2. The first-order valence-electron chi connectivity index (χ1n) is 8.14. The maximum absolute atomic E-state index is 12.4. The number of amides is 3. The van der Waals surface area contributed by atoms with Crippen molar-refractivity contribution in [2.45, 2.75) is 24.8 Å². The Hall–Kier alpha value is -2.28. The molecule has 1 spiro atoms. The average Bonchev–Trinajstić information content (AvgIpc) is 2.83. The number of benzene rings is 1. The van der Waals surface area contributed by atoms with Crippen molar-refractivity contribution < 1.29 is 19.5 Å². The SMILES string of the molecule is CN1C(=O)CC(C(=O)O)C12CCN(C(=O)Nc1ccc(Cl)cc1)CC2. The van der Waals surface area contributed by atoms with Crippen LogP contribution in [0.5, 0.6) is 0 Å². The van der Waals surface area contributed by atoms with E-state index in [-0.39, 0.29) is 18.4 Å². The Balaban J connectivity index is 1.66.